The summed E-state index contributed by atoms with van der Waals surface area (Å²) in [5, 5.41) is 28.4. The Balaban J connectivity index is 1.93. The highest BCUT2D eigenvalue weighted by molar-refractivity contribution is 7.09. The molecular weight excluding hydrogens is 608 g/mol. The molecule has 248 valence electrons. The molecule has 0 aliphatic carbocycles. The third-order valence-electron chi connectivity index (χ3n) is 8.54. The van der Waals surface area contributed by atoms with Crippen LogP contribution >= 0.6 is 11.3 Å². The average molecular weight is 653 g/mol. The zero-order chi connectivity index (χ0) is 34.0. The molecular formula is C34H44N4O7S. The molecule has 2 N–H and O–H groups in total. The molecule has 2 aromatic rings. The van der Waals surface area contributed by atoms with Gasteiger partial charge in [0, 0.05) is 28.3 Å². The van der Waals surface area contributed by atoms with Crippen LogP contribution in [0.4, 0.5) is 5.69 Å². The Labute approximate surface area is 274 Å². The molecule has 0 saturated carbocycles. The monoisotopic (exact) mass is 652 g/mol. The first-order valence-electron chi connectivity index (χ1n) is 15.4. The molecule has 2 heterocycles. The van der Waals surface area contributed by atoms with Gasteiger partial charge in [-0.2, -0.15) is 0 Å². The molecule has 0 radical (unpaired) electrons. The molecule has 1 aromatic carbocycles. The number of aromatic nitrogens is 1. The lowest BCUT2D eigenvalue weighted by molar-refractivity contribution is -0.154. The quantitative estimate of drug-likeness (QED) is 0.110. The minimum Gasteiger partial charge on any atom is -0.458 e. The summed E-state index contributed by atoms with van der Waals surface area (Å²) in [5.41, 5.74) is 10.2. The molecule has 0 fully saturated rings. The number of hydrogen-bond donors (Lipinski definition) is 2. The zero-order valence-corrected chi connectivity index (χ0v) is 28.1. The van der Waals surface area contributed by atoms with Crippen LogP contribution in [0.3, 0.4) is 0 Å². The lowest BCUT2D eigenvalue weighted by Crippen LogP contribution is -2.45. The maximum Gasteiger partial charge on any atom is 0.338 e. The topological polar surface area (TPSA) is 172 Å². The van der Waals surface area contributed by atoms with Crippen LogP contribution < -0.4 is 0 Å². The summed E-state index contributed by atoms with van der Waals surface area (Å²) in [6.07, 6.45) is 2.40. The Morgan fingerprint density at radius 1 is 1.28 bits per heavy atom. The van der Waals surface area contributed by atoms with Gasteiger partial charge >= 0.3 is 11.9 Å². The molecule has 46 heavy (non-hydrogen) atoms. The zero-order valence-electron chi connectivity index (χ0n) is 27.3. The first-order valence-corrected chi connectivity index (χ1v) is 16.3. The van der Waals surface area contributed by atoms with Crippen molar-refractivity contribution < 1.29 is 34.1 Å². The number of benzene rings is 1. The van der Waals surface area contributed by atoms with E-state index in [2.05, 4.69) is 15.0 Å². The molecule has 1 aliphatic heterocycles. The van der Waals surface area contributed by atoms with E-state index >= 15 is 0 Å². The predicted molar refractivity (Wildman–Crippen MR) is 176 cm³/mol. The number of ether oxygens (including phenoxy) is 2. The van der Waals surface area contributed by atoms with E-state index in [1.165, 1.54) is 17.4 Å². The Bertz CT molecular complexity index is 1510. The number of Topliss-reactive ketones (excluding diaryl/α,β-unsaturated/α-hetero) is 1. The van der Waals surface area contributed by atoms with Crippen molar-refractivity contribution in [2.75, 3.05) is 6.61 Å². The molecule has 5 atom stereocenters. The number of carbonyl (C=O) groups is 3. The van der Waals surface area contributed by atoms with E-state index in [0.29, 0.717) is 19.3 Å². The lowest BCUT2D eigenvalue weighted by Gasteiger charge is -2.34. The molecule has 1 aromatic heterocycles. The molecule has 11 nitrogen and oxygen atoms in total. The minimum atomic E-state index is -1.32. The van der Waals surface area contributed by atoms with E-state index < -0.39 is 48.0 Å². The third kappa shape index (κ3) is 10.1. The largest absolute Gasteiger partial charge is 0.458 e. The van der Waals surface area contributed by atoms with Gasteiger partial charge in [0.1, 0.15) is 18.5 Å². The Morgan fingerprint density at radius 3 is 2.70 bits per heavy atom. The lowest BCUT2D eigenvalue weighted by atomic mass is 9.73. The fourth-order valence-electron chi connectivity index (χ4n) is 5.44. The molecule has 0 saturated heterocycles. The second-order valence-corrected chi connectivity index (χ2v) is 13.6. The molecule has 0 amide bonds. The van der Waals surface area contributed by atoms with E-state index in [1.54, 1.807) is 39.0 Å². The van der Waals surface area contributed by atoms with Crippen molar-refractivity contribution in [3.05, 3.63) is 73.6 Å². The van der Waals surface area contributed by atoms with Crippen molar-refractivity contribution in [1.29, 1.82) is 0 Å². The highest BCUT2D eigenvalue weighted by atomic mass is 32.1. The summed E-state index contributed by atoms with van der Waals surface area (Å²) in [4.78, 5) is 46.7. The number of carbonyl (C=O) groups excluding carboxylic acids is 3. The maximum absolute atomic E-state index is 13.4. The fraction of sp³-hybridized carbons (Fsp3) is 0.529. The number of thiazole rings is 1. The van der Waals surface area contributed by atoms with Gasteiger partial charge in [-0.25, -0.2) is 9.78 Å². The number of hydrogen-bond acceptors (Lipinski definition) is 10. The van der Waals surface area contributed by atoms with Crippen molar-refractivity contribution in [2.45, 2.75) is 92.0 Å². The first-order chi connectivity index (χ1) is 21.7. The van der Waals surface area contributed by atoms with E-state index in [0.717, 1.165) is 21.8 Å². The van der Waals surface area contributed by atoms with E-state index in [9.17, 15) is 24.6 Å². The summed E-state index contributed by atoms with van der Waals surface area (Å²) >= 11 is 1.50. The minimum absolute atomic E-state index is 0.0297. The van der Waals surface area contributed by atoms with E-state index in [1.807, 2.05) is 38.3 Å². The van der Waals surface area contributed by atoms with Gasteiger partial charge in [0.05, 0.1) is 40.3 Å². The van der Waals surface area contributed by atoms with Gasteiger partial charge in [-0.1, -0.05) is 51.0 Å². The summed E-state index contributed by atoms with van der Waals surface area (Å²) in [7, 11) is 0. The van der Waals surface area contributed by atoms with Crippen molar-refractivity contribution in [2.24, 2.45) is 22.4 Å². The van der Waals surface area contributed by atoms with Crippen molar-refractivity contribution >= 4 is 40.8 Å². The summed E-state index contributed by atoms with van der Waals surface area (Å²) in [6, 6.07) is 6.19. The number of aryl methyl sites for hydroxylation is 1. The van der Waals surface area contributed by atoms with Crippen LogP contribution in [0.15, 0.2) is 52.0 Å². The number of ketones is 1. The maximum atomic E-state index is 13.4. The summed E-state index contributed by atoms with van der Waals surface area (Å²) in [5.74, 6) is -2.58. The standard InChI is InChI=1S/C34H44N4O7S/c1-20-9-7-10-24(18-44-33(43)25-11-8-12-26(16-25)37-38-35)13-14-28(21(2)15-27-19-46-23(4)36-27)45-30(40)17-29(39)34(5,6)32(42)22(3)31(20)41/h8,11-13,15-16,19-20,22,28-29,31,39,41H,7,9-10,14,17-18H2,1-6H3/b21-15+,24-13-/t20-,22+,28-,29-,31-/m0/s1. The van der Waals surface area contributed by atoms with Gasteiger partial charge < -0.3 is 19.7 Å². The number of esters is 2. The molecule has 0 bridgehead atoms. The summed E-state index contributed by atoms with van der Waals surface area (Å²) in [6.45, 7) is 10.4. The van der Waals surface area contributed by atoms with Crippen LogP contribution in [-0.4, -0.2) is 57.8 Å². The normalized spacial score (nSPS) is 26.3. The summed E-state index contributed by atoms with van der Waals surface area (Å²) < 4.78 is 11.5. The van der Waals surface area contributed by atoms with E-state index in [-0.39, 0.29) is 36.0 Å². The number of cyclic esters (lactones) is 1. The second-order valence-electron chi connectivity index (χ2n) is 12.5. The third-order valence-corrected chi connectivity index (χ3v) is 9.33. The van der Waals surface area contributed by atoms with Crippen molar-refractivity contribution in [3.63, 3.8) is 0 Å². The predicted octanol–water partition coefficient (Wildman–Crippen LogP) is 7.05. The van der Waals surface area contributed by atoms with Gasteiger partial charge in [0.15, 0.2) is 0 Å². The number of aliphatic hydroxyl groups is 2. The number of aliphatic hydroxyl groups excluding tert-OH is 2. The van der Waals surface area contributed by atoms with Crippen LogP contribution in [0.2, 0.25) is 0 Å². The molecule has 1 aliphatic rings. The van der Waals surface area contributed by atoms with Crippen LogP contribution in [0.5, 0.6) is 0 Å². The van der Waals surface area contributed by atoms with Crippen molar-refractivity contribution in [3.8, 4) is 0 Å². The Morgan fingerprint density at radius 2 is 2.02 bits per heavy atom. The van der Waals surface area contributed by atoms with Crippen LogP contribution in [0.1, 0.15) is 87.8 Å². The SMILES string of the molecule is C/C(=C\c1csc(C)n1)[C@@H]1C/C=C(\COC(=O)c2cccc(N=[N+]=[N-])c2)CCC[C@H](C)[C@H](O)[C@@H](C)C(=O)C(C)(C)[C@@H](O)CC(=O)O1. The highest BCUT2D eigenvalue weighted by Gasteiger charge is 2.42. The number of azide groups is 1. The molecule has 3 rings (SSSR count). The van der Waals surface area contributed by atoms with Crippen LogP contribution in [-0.2, 0) is 19.1 Å². The van der Waals surface area contributed by atoms with Gasteiger partial charge in [-0.05, 0) is 73.9 Å². The Kier molecular flexibility index (Phi) is 13.3. The first kappa shape index (κ1) is 36.6. The Hall–Kier alpha value is -3.83. The smallest absolute Gasteiger partial charge is 0.338 e. The van der Waals surface area contributed by atoms with Gasteiger partial charge in [-0.3, -0.25) is 9.59 Å². The van der Waals surface area contributed by atoms with Gasteiger partial charge in [-0.15, -0.1) is 11.3 Å². The average Bonchev–Trinajstić information content (AvgIpc) is 3.43. The van der Waals surface area contributed by atoms with Gasteiger partial charge in [0.2, 0.25) is 0 Å². The van der Waals surface area contributed by atoms with Gasteiger partial charge in [0.25, 0.3) is 0 Å². The highest BCUT2D eigenvalue weighted by Crippen LogP contribution is 2.32. The van der Waals surface area contributed by atoms with E-state index in [4.69, 9.17) is 15.0 Å². The molecule has 0 unspecified atom stereocenters. The fourth-order valence-corrected chi connectivity index (χ4v) is 6.01. The molecule has 0 spiro atoms. The van der Waals surface area contributed by atoms with Crippen LogP contribution in [0, 0.1) is 24.2 Å². The second kappa shape index (κ2) is 16.6. The number of rotatable bonds is 6. The van der Waals surface area contributed by atoms with Crippen LogP contribution in [0.25, 0.3) is 16.5 Å². The molecule has 12 heteroatoms. The van der Waals surface area contributed by atoms with Crippen molar-refractivity contribution in [1.82, 2.24) is 4.98 Å². The number of nitrogens with zero attached hydrogens (tertiary/aromatic N) is 4.